The van der Waals surface area contributed by atoms with Crippen molar-refractivity contribution in [1.82, 2.24) is 4.98 Å². The zero-order chi connectivity index (χ0) is 14.0. The highest BCUT2D eigenvalue weighted by molar-refractivity contribution is 6.32. The van der Waals surface area contributed by atoms with Crippen molar-refractivity contribution in [2.45, 2.75) is 6.92 Å². The molecule has 0 saturated heterocycles. The number of carbonyl (C=O) groups is 1. The number of carboxylic acid groups (broad SMARTS) is 1. The van der Waals surface area contributed by atoms with Crippen molar-refractivity contribution in [3.63, 3.8) is 0 Å². The first-order valence-corrected chi connectivity index (χ1v) is 5.95. The van der Waals surface area contributed by atoms with Crippen molar-refractivity contribution in [2.24, 2.45) is 0 Å². The summed E-state index contributed by atoms with van der Waals surface area (Å²) in [6.07, 6.45) is 1.57. The maximum absolute atomic E-state index is 11.3. The minimum Gasteiger partial charge on any atom is -0.481 e. The number of carboxylic acids is 1. The van der Waals surface area contributed by atoms with Crippen LogP contribution in [-0.2, 0) is 0 Å². The van der Waals surface area contributed by atoms with Gasteiger partial charge in [0, 0.05) is 28.4 Å². The lowest BCUT2D eigenvalue weighted by Crippen LogP contribution is -2.02. The molecule has 0 fully saturated rings. The summed E-state index contributed by atoms with van der Waals surface area (Å²) >= 11 is 6.06. The van der Waals surface area contributed by atoms with Crippen LogP contribution in [-0.4, -0.2) is 23.2 Å². The molecule has 0 amide bonds. The van der Waals surface area contributed by atoms with Gasteiger partial charge in [0.1, 0.15) is 0 Å². The van der Waals surface area contributed by atoms with Crippen LogP contribution in [0.25, 0.3) is 11.1 Å². The van der Waals surface area contributed by atoms with Crippen LogP contribution in [0.2, 0.25) is 5.02 Å². The number of hydrogen-bond acceptors (Lipinski definition) is 3. The first-order valence-electron chi connectivity index (χ1n) is 5.57. The van der Waals surface area contributed by atoms with Crippen LogP contribution in [0.4, 0.5) is 0 Å². The zero-order valence-electron chi connectivity index (χ0n) is 10.5. The van der Waals surface area contributed by atoms with Crippen molar-refractivity contribution >= 4 is 17.6 Å². The first-order chi connectivity index (χ1) is 9.04. The Hall–Kier alpha value is -2.07. The second-order valence-electron chi connectivity index (χ2n) is 3.99. The molecule has 2 rings (SSSR count). The molecule has 19 heavy (non-hydrogen) atoms. The predicted molar refractivity (Wildman–Crippen MR) is 72.9 cm³/mol. The molecule has 0 aliphatic rings. The molecular formula is C14H12ClNO3. The number of methoxy groups -OCH3 is 1. The van der Waals surface area contributed by atoms with Gasteiger partial charge in [0.15, 0.2) is 0 Å². The van der Waals surface area contributed by atoms with Crippen LogP contribution >= 0.6 is 11.6 Å². The molecule has 5 heteroatoms. The maximum Gasteiger partial charge on any atom is 0.336 e. The Labute approximate surface area is 115 Å². The Balaban J connectivity index is 2.65. The van der Waals surface area contributed by atoms with Gasteiger partial charge in [-0.15, -0.1) is 0 Å². The minimum absolute atomic E-state index is 0.203. The average Bonchev–Trinajstić information content (AvgIpc) is 2.41. The molecule has 1 aromatic heterocycles. The Bertz CT molecular complexity index is 623. The number of aromatic nitrogens is 1. The molecule has 2 aromatic rings. The summed E-state index contributed by atoms with van der Waals surface area (Å²) in [6, 6.07) is 6.52. The third-order valence-electron chi connectivity index (χ3n) is 2.86. The molecule has 98 valence electrons. The molecule has 0 unspecified atom stereocenters. The summed E-state index contributed by atoms with van der Waals surface area (Å²) in [5, 5.41) is 9.78. The number of ether oxygens (including phenoxy) is 1. The number of hydrogen-bond donors (Lipinski definition) is 1. The van der Waals surface area contributed by atoms with E-state index in [0.29, 0.717) is 27.6 Å². The lowest BCUT2D eigenvalue weighted by molar-refractivity contribution is 0.0697. The third kappa shape index (κ3) is 2.53. The Morgan fingerprint density at radius 1 is 1.32 bits per heavy atom. The van der Waals surface area contributed by atoms with Crippen molar-refractivity contribution in [3.8, 4) is 17.0 Å². The largest absolute Gasteiger partial charge is 0.481 e. The van der Waals surface area contributed by atoms with E-state index in [9.17, 15) is 9.90 Å². The van der Waals surface area contributed by atoms with Gasteiger partial charge in [-0.1, -0.05) is 11.6 Å². The smallest absolute Gasteiger partial charge is 0.336 e. The van der Waals surface area contributed by atoms with E-state index in [1.807, 2.05) is 0 Å². The molecule has 0 saturated carbocycles. The van der Waals surface area contributed by atoms with Crippen molar-refractivity contribution < 1.29 is 14.6 Å². The number of benzene rings is 1. The highest BCUT2D eigenvalue weighted by Crippen LogP contribution is 2.32. The second kappa shape index (κ2) is 5.28. The van der Waals surface area contributed by atoms with Crippen LogP contribution in [0, 0.1) is 6.92 Å². The van der Waals surface area contributed by atoms with Gasteiger partial charge in [0.2, 0.25) is 5.88 Å². The molecule has 0 aliphatic heterocycles. The number of rotatable bonds is 3. The molecular weight excluding hydrogens is 266 g/mol. The van der Waals surface area contributed by atoms with Crippen molar-refractivity contribution in [3.05, 3.63) is 46.6 Å². The topological polar surface area (TPSA) is 59.4 Å². The van der Waals surface area contributed by atoms with Crippen LogP contribution in [0.1, 0.15) is 15.9 Å². The Kier molecular flexibility index (Phi) is 3.71. The zero-order valence-corrected chi connectivity index (χ0v) is 11.2. The van der Waals surface area contributed by atoms with Gasteiger partial charge >= 0.3 is 5.97 Å². The number of nitrogens with zero attached hydrogens (tertiary/aromatic N) is 1. The van der Waals surface area contributed by atoms with Gasteiger partial charge in [-0.25, -0.2) is 9.78 Å². The summed E-state index contributed by atoms with van der Waals surface area (Å²) in [6.45, 7) is 1.79. The van der Waals surface area contributed by atoms with Gasteiger partial charge in [-0.3, -0.25) is 0 Å². The maximum atomic E-state index is 11.3. The number of aromatic carboxylic acids is 1. The standard InChI is InChI=1S/C14H12ClNO3/c1-8-11(15)5-4-10(14(17)18)13(8)9-3-6-12(19-2)16-7-9/h3-7H,1-2H3,(H,17,18). The van der Waals surface area contributed by atoms with Gasteiger partial charge < -0.3 is 9.84 Å². The molecule has 0 atom stereocenters. The van der Waals surface area contributed by atoms with Crippen LogP contribution in [0.3, 0.4) is 0 Å². The molecule has 1 heterocycles. The summed E-state index contributed by atoms with van der Waals surface area (Å²) in [5.41, 5.74) is 2.19. The number of pyridine rings is 1. The van der Waals surface area contributed by atoms with E-state index >= 15 is 0 Å². The van der Waals surface area contributed by atoms with Gasteiger partial charge in [-0.05, 0) is 30.7 Å². The van der Waals surface area contributed by atoms with Crippen LogP contribution < -0.4 is 4.74 Å². The highest BCUT2D eigenvalue weighted by atomic mass is 35.5. The fraction of sp³-hybridized carbons (Fsp3) is 0.143. The summed E-state index contributed by atoms with van der Waals surface area (Å²) in [5.74, 6) is -0.522. The fourth-order valence-corrected chi connectivity index (χ4v) is 2.04. The molecule has 0 spiro atoms. The molecule has 0 bridgehead atoms. The van der Waals surface area contributed by atoms with E-state index in [2.05, 4.69) is 4.98 Å². The van der Waals surface area contributed by atoms with E-state index in [-0.39, 0.29) is 5.56 Å². The summed E-state index contributed by atoms with van der Waals surface area (Å²) < 4.78 is 4.98. The van der Waals surface area contributed by atoms with Crippen molar-refractivity contribution in [2.75, 3.05) is 7.11 Å². The van der Waals surface area contributed by atoms with Crippen LogP contribution in [0.5, 0.6) is 5.88 Å². The highest BCUT2D eigenvalue weighted by Gasteiger charge is 2.16. The SMILES string of the molecule is COc1ccc(-c2c(C(=O)O)ccc(Cl)c2C)cn1. The third-order valence-corrected chi connectivity index (χ3v) is 3.27. The quantitative estimate of drug-likeness (QED) is 0.934. The lowest BCUT2D eigenvalue weighted by atomic mass is 9.96. The van der Waals surface area contributed by atoms with Gasteiger partial charge in [0.05, 0.1) is 12.7 Å². The van der Waals surface area contributed by atoms with Crippen LogP contribution in [0.15, 0.2) is 30.5 Å². The van der Waals surface area contributed by atoms with Gasteiger partial charge in [0.25, 0.3) is 0 Å². The predicted octanol–water partition coefficient (Wildman–Crippen LogP) is 3.42. The molecule has 0 radical (unpaired) electrons. The molecule has 1 aromatic carbocycles. The lowest BCUT2D eigenvalue weighted by Gasteiger charge is -2.11. The Morgan fingerprint density at radius 2 is 2.05 bits per heavy atom. The first kappa shape index (κ1) is 13.4. The normalized spacial score (nSPS) is 10.3. The number of halogens is 1. The van der Waals surface area contributed by atoms with E-state index in [0.717, 1.165) is 0 Å². The van der Waals surface area contributed by atoms with E-state index < -0.39 is 5.97 Å². The average molecular weight is 278 g/mol. The van der Waals surface area contributed by atoms with E-state index in [1.165, 1.54) is 13.2 Å². The Morgan fingerprint density at radius 3 is 2.58 bits per heavy atom. The van der Waals surface area contributed by atoms with Crippen molar-refractivity contribution in [1.29, 1.82) is 0 Å². The monoisotopic (exact) mass is 277 g/mol. The molecule has 1 N–H and O–H groups in total. The fourth-order valence-electron chi connectivity index (χ4n) is 1.89. The second-order valence-corrected chi connectivity index (χ2v) is 4.40. The van der Waals surface area contributed by atoms with E-state index in [1.54, 1.807) is 31.3 Å². The minimum atomic E-state index is -0.995. The summed E-state index contributed by atoms with van der Waals surface area (Å²) in [7, 11) is 1.52. The molecule has 0 aliphatic carbocycles. The van der Waals surface area contributed by atoms with Gasteiger partial charge in [-0.2, -0.15) is 0 Å². The molecule has 4 nitrogen and oxygen atoms in total. The van der Waals surface area contributed by atoms with E-state index in [4.69, 9.17) is 16.3 Å². The summed E-state index contributed by atoms with van der Waals surface area (Å²) in [4.78, 5) is 15.4.